The van der Waals surface area contributed by atoms with Gasteiger partial charge in [0.25, 0.3) is 11.8 Å². The molecule has 3 rings (SSSR count). The summed E-state index contributed by atoms with van der Waals surface area (Å²) in [5, 5.41) is 2.93. The lowest BCUT2D eigenvalue weighted by molar-refractivity contribution is -0.142. The van der Waals surface area contributed by atoms with Crippen molar-refractivity contribution >= 4 is 23.6 Å². The maximum Gasteiger partial charge on any atom is 0.261 e. The van der Waals surface area contributed by atoms with E-state index in [-0.39, 0.29) is 55.4 Å². The fourth-order valence-corrected chi connectivity index (χ4v) is 4.13. The van der Waals surface area contributed by atoms with Gasteiger partial charge in [-0.05, 0) is 63.4 Å². The molecular formula is C27H32FN3O4. The van der Waals surface area contributed by atoms with Gasteiger partial charge in [-0.1, -0.05) is 31.2 Å². The molecular weight excluding hydrogens is 449 g/mol. The van der Waals surface area contributed by atoms with E-state index in [1.54, 1.807) is 36.4 Å². The van der Waals surface area contributed by atoms with E-state index in [9.17, 15) is 23.6 Å². The Morgan fingerprint density at radius 1 is 1.00 bits per heavy atom. The number of amides is 4. The highest BCUT2D eigenvalue weighted by Crippen LogP contribution is 2.23. The smallest absolute Gasteiger partial charge is 0.261 e. The quantitative estimate of drug-likeness (QED) is 0.550. The molecule has 0 saturated heterocycles. The zero-order valence-electron chi connectivity index (χ0n) is 20.6. The SMILES string of the molecule is CC[C@@H](C(=O)NC(C)(C)C)N(Cc1ccc(F)cc1)C(=O)CCCN1C(=O)c2ccccc2C1=O. The number of carbonyl (C=O) groups is 4. The highest BCUT2D eigenvalue weighted by molar-refractivity contribution is 6.21. The van der Waals surface area contributed by atoms with Gasteiger partial charge in [-0.3, -0.25) is 24.1 Å². The molecule has 1 atom stereocenters. The van der Waals surface area contributed by atoms with E-state index >= 15 is 0 Å². The van der Waals surface area contributed by atoms with Gasteiger partial charge in [-0.2, -0.15) is 0 Å². The van der Waals surface area contributed by atoms with Gasteiger partial charge in [0, 0.05) is 25.0 Å². The number of nitrogens with zero attached hydrogens (tertiary/aromatic N) is 2. The Labute approximate surface area is 205 Å². The standard InChI is InChI=1S/C27H32FN3O4/c1-5-22(24(33)29-27(2,3)4)31(17-18-12-14-19(28)15-13-18)23(32)11-8-16-30-25(34)20-9-6-7-10-21(20)26(30)35/h6-7,9-10,12-15,22H,5,8,11,16-17H2,1-4H3,(H,29,33)/t22-/m0/s1. The zero-order valence-corrected chi connectivity index (χ0v) is 20.6. The highest BCUT2D eigenvalue weighted by atomic mass is 19.1. The first-order valence-corrected chi connectivity index (χ1v) is 11.8. The molecule has 0 aromatic heterocycles. The predicted octanol–water partition coefficient (Wildman–Crippen LogP) is 3.92. The van der Waals surface area contributed by atoms with Crippen molar-refractivity contribution in [3.05, 3.63) is 71.0 Å². The van der Waals surface area contributed by atoms with Crippen LogP contribution in [0, 0.1) is 5.82 Å². The Hall–Kier alpha value is -3.55. The van der Waals surface area contributed by atoms with E-state index in [1.165, 1.54) is 17.0 Å². The fourth-order valence-electron chi connectivity index (χ4n) is 4.13. The first-order chi connectivity index (χ1) is 16.5. The van der Waals surface area contributed by atoms with Crippen LogP contribution in [-0.4, -0.2) is 51.6 Å². The summed E-state index contributed by atoms with van der Waals surface area (Å²) in [5.74, 6) is -1.66. The van der Waals surface area contributed by atoms with Crippen molar-refractivity contribution in [3.8, 4) is 0 Å². The van der Waals surface area contributed by atoms with Crippen molar-refractivity contribution in [2.45, 2.75) is 65.1 Å². The molecule has 0 aliphatic carbocycles. The van der Waals surface area contributed by atoms with Gasteiger partial charge in [0.05, 0.1) is 11.1 Å². The molecule has 8 heteroatoms. The van der Waals surface area contributed by atoms with Gasteiger partial charge in [0.1, 0.15) is 11.9 Å². The summed E-state index contributed by atoms with van der Waals surface area (Å²) < 4.78 is 13.4. The molecule has 0 fully saturated rings. The van der Waals surface area contributed by atoms with Crippen molar-refractivity contribution in [1.82, 2.24) is 15.1 Å². The van der Waals surface area contributed by atoms with Gasteiger partial charge < -0.3 is 10.2 Å². The predicted molar refractivity (Wildman–Crippen MR) is 130 cm³/mol. The Kier molecular flexibility index (Phi) is 8.04. The van der Waals surface area contributed by atoms with Crippen LogP contribution in [0.3, 0.4) is 0 Å². The Balaban J connectivity index is 1.72. The second-order valence-corrected chi connectivity index (χ2v) is 9.72. The summed E-state index contributed by atoms with van der Waals surface area (Å²) in [6.45, 7) is 7.68. The number of nitrogens with one attached hydrogen (secondary N) is 1. The molecule has 0 unspecified atom stereocenters. The van der Waals surface area contributed by atoms with Gasteiger partial charge in [-0.25, -0.2) is 4.39 Å². The van der Waals surface area contributed by atoms with Crippen LogP contribution in [0.15, 0.2) is 48.5 Å². The number of carbonyl (C=O) groups excluding carboxylic acids is 4. The maximum atomic E-state index is 13.4. The number of hydrogen-bond acceptors (Lipinski definition) is 4. The van der Waals surface area contributed by atoms with Crippen molar-refractivity contribution < 1.29 is 23.6 Å². The third kappa shape index (κ3) is 6.32. The van der Waals surface area contributed by atoms with Crippen LogP contribution in [0.5, 0.6) is 0 Å². The van der Waals surface area contributed by atoms with Crippen LogP contribution in [0.1, 0.15) is 73.2 Å². The molecule has 0 saturated carbocycles. The molecule has 0 radical (unpaired) electrons. The summed E-state index contributed by atoms with van der Waals surface area (Å²) in [6, 6.07) is 11.7. The van der Waals surface area contributed by atoms with Crippen LogP contribution >= 0.6 is 0 Å². The summed E-state index contributed by atoms with van der Waals surface area (Å²) in [6.07, 6.45) is 0.711. The minimum absolute atomic E-state index is 0.0495. The third-order valence-electron chi connectivity index (χ3n) is 5.80. The van der Waals surface area contributed by atoms with Crippen LogP contribution in [0.2, 0.25) is 0 Å². The number of imide groups is 1. The molecule has 186 valence electrons. The third-order valence-corrected chi connectivity index (χ3v) is 5.80. The Morgan fingerprint density at radius 2 is 1.57 bits per heavy atom. The van der Waals surface area contributed by atoms with Crippen LogP contribution < -0.4 is 5.32 Å². The van der Waals surface area contributed by atoms with Gasteiger partial charge in [0.15, 0.2) is 0 Å². The van der Waals surface area contributed by atoms with E-state index in [4.69, 9.17) is 0 Å². The number of halogens is 1. The Bertz CT molecular complexity index is 1070. The largest absolute Gasteiger partial charge is 0.350 e. The molecule has 4 amide bonds. The fraction of sp³-hybridized carbons (Fsp3) is 0.407. The summed E-state index contributed by atoms with van der Waals surface area (Å²) in [5.41, 5.74) is 0.959. The second-order valence-electron chi connectivity index (χ2n) is 9.72. The lowest BCUT2D eigenvalue weighted by Gasteiger charge is -2.33. The number of benzene rings is 2. The van der Waals surface area contributed by atoms with E-state index in [0.717, 1.165) is 4.90 Å². The van der Waals surface area contributed by atoms with Crippen molar-refractivity contribution in [2.24, 2.45) is 0 Å². The van der Waals surface area contributed by atoms with Crippen LogP contribution in [-0.2, 0) is 16.1 Å². The van der Waals surface area contributed by atoms with Crippen molar-refractivity contribution in [1.29, 1.82) is 0 Å². The van der Waals surface area contributed by atoms with Crippen molar-refractivity contribution in [2.75, 3.05) is 6.54 Å². The van der Waals surface area contributed by atoms with E-state index in [0.29, 0.717) is 23.1 Å². The first kappa shape index (κ1) is 26.1. The summed E-state index contributed by atoms with van der Waals surface area (Å²) in [4.78, 5) is 54.2. The normalized spacial score (nSPS) is 14.0. The van der Waals surface area contributed by atoms with Crippen LogP contribution in [0.25, 0.3) is 0 Å². The van der Waals surface area contributed by atoms with Crippen LogP contribution in [0.4, 0.5) is 4.39 Å². The lowest BCUT2D eigenvalue weighted by Crippen LogP contribution is -2.53. The Morgan fingerprint density at radius 3 is 2.09 bits per heavy atom. The van der Waals surface area contributed by atoms with Gasteiger partial charge in [0.2, 0.25) is 11.8 Å². The minimum atomic E-state index is -0.717. The molecule has 7 nitrogen and oxygen atoms in total. The highest BCUT2D eigenvalue weighted by Gasteiger charge is 2.35. The average molecular weight is 482 g/mol. The second kappa shape index (κ2) is 10.8. The lowest BCUT2D eigenvalue weighted by atomic mass is 10.0. The molecule has 0 bridgehead atoms. The summed E-state index contributed by atoms with van der Waals surface area (Å²) in [7, 11) is 0. The molecule has 1 aliphatic rings. The molecule has 1 N–H and O–H groups in total. The van der Waals surface area contributed by atoms with Gasteiger partial charge >= 0.3 is 0 Å². The molecule has 0 spiro atoms. The minimum Gasteiger partial charge on any atom is -0.350 e. The molecule has 2 aromatic rings. The average Bonchev–Trinajstić information content (AvgIpc) is 3.04. The molecule has 2 aromatic carbocycles. The zero-order chi connectivity index (χ0) is 25.8. The first-order valence-electron chi connectivity index (χ1n) is 11.8. The number of fused-ring (bicyclic) bond motifs is 1. The van der Waals surface area contributed by atoms with E-state index in [2.05, 4.69) is 5.32 Å². The van der Waals surface area contributed by atoms with E-state index in [1.807, 2.05) is 27.7 Å². The monoisotopic (exact) mass is 481 g/mol. The number of rotatable bonds is 9. The van der Waals surface area contributed by atoms with Crippen molar-refractivity contribution in [3.63, 3.8) is 0 Å². The van der Waals surface area contributed by atoms with E-state index < -0.39 is 11.6 Å². The summed E-state index contributed by atoms with van der Waals surface area (Å²) >= 11 is 0. The molecule has 1 heterocycles. The maximum absolute atomic E-state index is 13.4. The topological polar surface area (TPSA) is 86.8 Å². The number of hydrogen-bond donors (Lipinski definition) is 1. The van der Waals surface area contributed by atoms with Gasteiger partial charge in [-0.15, -0.1) is 0 Å². The molecule has 1 aliphatic heterocycles. The molecule has 35 heavy (non-hydrogen) atoms.